The van der Waals surface area contributed by atoms with E-state index in [-0.39, 0.29) is 0 Å². The highest BCUT2D eigenvalue weighted by Gasteiger charge is 1.93. The fraction of sp³-hybridized carbons (Fsp3) is 0.143. The van der Waals surface area contributed by atoms with Gasteiger partial charge in [0, 0.05) is 7.05 Å². The largest absolute Gasteiger partial charge is 0.397 e. The Labute approximate surface area is 61.8 Å². The first-order valence-electron chi connectivity index (χ1n) is 3.07. The number of nitrogens with one attached hydrogen (secondary N) is 1. The molecule has 0 aliphatic heterocycles. The molecule has 1 aromatic carbocycles. The van der Waals surface area contributed by atoms with Gasteiger partial charge in [-0.1, -0.05) is 11.5 Å². The molecule has 0 saturated carbocycles. The number of nitrogen functional groups attached to an aromatic ring is 1. The summed E-state index contributed by atoms with van der Waals surface area (Å²) in [6.45, 7) is 0. The maximum absolute atomic E-state index is 5.58. The molecule has 0 atom stereocenters. The molecule has 0 unspecified atom stereocenters. The van der Waals surface area contributed by atoms with Gasteiger partial charge in [0.2, 0.25) is 0 Å². The van der Waals surface area contributed by atoms with E-state index in [4.69, 9.17) is 13.6 Å². The summed E-state index contributed by atoms with van der Waals surface area (Å²) < 4.78 is 0. The average Bonchev–Trinajstić information content (AvgIpc) is 1.94. The van der Waals surface area contributed by atoms with Crippen LogP contribution in [0.5, 0.6) is 0 Å². The lowest BCUT2D eigenvalue weighted by molar-refractivity contribution is 1.52. The van der Waals surface area contributed by atoms with Crippen LogP contribution >= 0.6 is 0 Å². The molecule has 0 heterocycles. The molecule has 10 heavy (non-hydrogen) atoms. The molecule has 2 nitrogen and oxygen atoms in total. The van der Waals surface area contributed by atoms with Crippen molar-refractivity contribution in [3.8, 4) is 0 Å². The van der Waals surface area contributed by atoms with Crippen LogP contribution in [-0.4, -0.2) is 14.9 Å². The first-order chi connectivity index (χ1) is 4.74. The van der Waals surface area contributed by atoms with Gasteiger partial charge >= 0.3 is 0 Å². The predicted molar refractivity (Wildman–Crippen MR) is 45.8 cm³/mol. The molecule has 50 valence electrons. The van der Waals surface area contributed by atoms with E-state index in [1.54, 1.807) is 18.2 Å². The normalized spacial score (nSPS) is 9.30. The van der Waals surface area contributed by atoms with E-state index in [0.29, 0.717) is 0 Å². The van der Waals surface area contributed by atoms with Crippen LogP contribution < -0.4 is 16.5 Å². The van der Waals surface area contributed by atoms with Gasteiger partial charge in [0.25, 0.3) is 0 Å². The van der Waals surface area contributed by atoms with Crippen molar-refractivity contribution in [2.45, 2.75) is 0 Å². The van der Waals surface area contributed by atoms with Crippen molar-refractivity contribution in [3.63, 3.8) is 0 Å². The van der Waals surface area contributed by atoms with Gasteiger partial charge in [-0.3, -0.25) is 0 Å². The maximum Gasteiger partial charge on any atom is 0.113 e. The summed E-state index contributed by atoms with van der Waals surface area (Å²) in [5, 5.41) is 2.93. The number of nitrogens with two attached hydrogens (primary N) is 1. The second-order valence-electron chi connectivity index (χ2n) is 2.10. The van der Waals surface area contributed by atoms with E-state index in [0.717, 1.165) is 16.8 Å². The van der Waals surface area contributed by atoms with Crippen LogP contribution in [0.2, 0.25) is 0 Å². The predicted octanol–water partition coefficient (Wildman–Crippen LogP) is 0.104. The third kappa shape index (κ3) is 1.24. The van der Waals surface area contributed by atoms with Crippen LogP contribution in [0.3, 0.4) is 0 Å². The van der Waals surface area contributed by atoms with Gasteiger partial charge in [-0.2, -0.15) is 0 Å². The monoisotopic (exact) mass is 132 g/mol. The molecule has 1 aromatic rings. The molecule has 0 amide bonds. The fourth-order valence-electron chi connectivity index (χ4n) is 0.790. The van der Waals surface area contributed by atoms with Crippen LogP contribution in [0.25, 0.3) is 0 Å². The quantitative estimate of drug-likeness (QED) is 0.420. The van der Waals surface area contributed by atoms with E-state index in [9.17, 15) is 0 Å². The van der Waals surface area contributed by atoms with Gasteiger partial charge in [-0.15, -0.1) is 0 Å². The Morgan fingerprint density at radius 2 is 2.20 bits per heavy atom. The number of benzene rings is 1. The summed E-state index contributed by atoms with van der Waals surface area (Å²) in [7, 11) is 7.32. The molecule has 3 N–H and O–H groups in total. The Balaban J connectivity index is 3.09. The highest BCUT2D eigenvalue weighted by atomic mass is 14.8. The van der Waals surface area contributed by atoms with Crippen molar-refractivity contribution < 1.29 is 0 Å². The lowest BCUT2D eigenvalue weighted by Gasteiger charge is -2.04. The highest BCUT2D eigenvalue weighted by Crippen LogP contribution is 2.13. The lowest BCUT2D eigenvalue weighted by Crippen LogP contribution is -2.05. The molecular formula is C7H9BN2. The minimum atomic E-state index is 0.719. The summed E-state index contributed by atoms with van der Waals surface area (Å²) in [4.78, 5) is 0. The second-order valence-corrected chi connectivity index (χ2v) is 2.10. The van der Waals surface area contributed by atoms with Gasteiger partial charge in [0.05, 0.1) is 11.4 Å². The summed E-state index contributed by atoms with van der Waals surface area (Å²) in [6.07, 6.45) is 0. The smallest absolute Gasteiger partial charge is 0.113 e. The zero-order valence-corrected chi connectivity index (χ0v) is 5.89. The molecule has 0 bridgehead atoms. The molecular weight excluding hydrogens is 123 g/mol. The van der Waals surface area contributed by atoms with Gasteiger partial charge in [-0.25, -0.2) is 0 Å². The van der Waals surface area contributed by atoms with Crippen LogP contribution in [0.15, 0.2) is 18.2 Å². The summed E-state index contributed by atoms with van der Waals surface area (Å²) >= 11 is 0. The van der Waals surface area contributed by atoms with Crippen molar-refractivity contribution in [2.75, 3.05) is 18.1 Å². The van der Waals surface area contributed by atoms with E-state index in [1.165, 1.54) is 0 Å². The third-order valence-corrected chi connectivity index (χ3v) is 1.35. The standard InChI is InChI=1S/C7H9BN2/c1-10-7-4-5(8)2-3-6(7)9/h2-4,10H,9H2,1H3. The van der Waals surface area contributed by atoms with Gasteiger partial charge in [-0.05, 0) is 12.1 Å². The number of anilines is 2. The van der Waals surface area contributed by atoms with Crippen molar-refractivity contribution >= 4 is 24.7 Å². The average molecular weight is 132 g/mol. The van der Waals surface area contributed by atoms with E-state index in [1.807, 2.05) is 7.05 Å². The number of hydrogen-bond donors (Lipinski definition) is 2. The minimum absolute atomic E-state index is 0.719. The molecule has 3 heteroatoms. The van der Waals surface area contributed by atoms with Crippen LogP contribution in [0.1, 0.15) is 0 Å². The Bertz CT molecular complexity index is 235. The molecule has 1 rings (SSSR count). The zero-order chi connectivity index (χ0) is 7.56. The van der Waals surface area contributed by atoms with Crippen LogP contribution in [-0.2, 0) is 0 Å². The molecule has 2 radical (unpaired) electrons. The Kier molecular flexibility index (Phi) is 1.85. The van der Waals surface area contributed by atoms with Gasteiger partial charge in [0.15, 0.2) is 0 Å². The number of hydrogen-bond acceptors (Lipinski definition) is 2. The molecule has 0 saturated heterocycles. The summed E-state index contributed by atoms with van der Waals surface area (Å²) in [5.41, 5.74) is 7.90. The fourth-order valence-corrected chi connectivity index (χ4v) is 0.790. The zero-order valence-electron chi connectivity index (χ0n) is 5.89. The second kappa shape index (κ2) is 2.65. The van der Waals surface area contributed by atoms with Gasteiger partial charge < -0.3 is 11.1 Å². The first-order valence-corrected chi connectivity index (χ1v) is 3.07. The van der Waals surface area contributed by atoms with Crippen LogP contribution in [0.4, 0.5) is 11.4 Å². The highest BCUT2D eigenvalue weighted by molar-refractivity contribution is 6.32. The Morgan fingerprint density at radius 3 is 2.70 bits per heavy atom. The molecule has 0 aliphatic rings. The SMILES string of the molecule is [B]c1ccc(N)c(NC)c1. The van der Waals surface area contributed by atoms with Crippen molar-refractivity contribution in [1.29, 1.82) is 0 Å². The summed E-state index contributed by atoms with van der Waals surface area (Å²) in [6, 6.07) is 5.35. The summed E-state index contributed by atoms with van der Waals surface area (Å²) in [5.74, 6) is 0. The maximum atomic E-state index is 5.58. The Morgan fingerprint density at radius 1 is 1.50 bits per heavy atom. The topological polar surface area (TPSA) is 38.0 Å². The minimum Gasteiger partial charge on any atom is -0.397 e. The number of rotatable bonds is 1. The molecule has 0 aromatic heterocycles. The first kappa shape index (κ1) is 7.00. The van der Waals surface area contributed by atoms with Crippen molar-refractivity contribution in [1.82, 2.24) is 0 Å². The Hall–Kier alpha value is -1.12. The van der Waals surface area contributed by atoms with E-state index in [2.05, 4.69) is 5.32 Å². The van der Waals surface area contributed by atoms with Crippen molar-refractivity contribution in [3.05, 3.63) is 18.2 Å². The molecule has 0 fully saturated rings. The van der Waals surface area contributed by atoms with E-state index >= 15 is 0 Å². The van der Waals surface area contributed by atoms with Gasteiger partial charge in [0.1, 0.15) is 7.85 Å². The van der Waals surface area contributed by atoms with Crippen molar-refractivity contribution in [2.24, 2.45) is 0 Å². The third-order valence-electron chi connectivity index (χ3n) is 1.35. The lowest BCUT2D eigenvalue weighted by atomic mass is 9.95. The van der Waals surface area contributed by atoms with E-state index < -0.39 is 0 Å². The molecule has 0 spiro atoms. The molecule has 0 aliphatic carbocycles. The van der Waals surface area contributed by atoms with Crippen LogP contribution in [0, 0.1) is 0 Å².